The zero-order chi connectivity index (χ0) is 13.1. The van der Waals surface area contributed by atoms with Crippen molar-refractivity contribution in [3.63, 3.8) is 0 Å². The second-order valence-corrected chi connectivity index (χ2v) is 4.20. The van der Waals surface area contributed by atoms with Crippen LogP contribution in [0.3, 0.4) is 0 Å². The highest BCUT2D eigenvalue weighted by molar-refractivity contribution is 6.31. The summed E-state index contributed by atoms with van der Waals surface area (Å²) in [6, 6.07) is 11.3. The van der Waals surface area contributed by atoms with Crippen LogP contribution in [0.1, 0.15) is 17.2 Å². The predicted octanol–water partition coefficient (Wildman–Crippen LogP) is 3.57. The molecule has 0 heterocycles. The van der Waals surface area contributed by atoms with Crippen LogP contribution in [0.2, 0.25) is 5.02 Å². The van der Waals surface area contributed by atoms with E-state index in [-0.39, 0.29) is 5.02 Å². The second-order valence-electron chi connectivity index (χ2n) is 3.82. The van der Waals surface area contributed by atoms with Crippen molar-refractivity contribution in [3.05, 3.63) is 64.4 Å². The van der Waals surface area contributed by atoms with E-state index in [9.17, 15) is 9.50 Å². The summed E-state index contributed by atoms with van der Waals surface area (Å²) in [4.78, 5) is 0. The smallest absolute Gasteiger partial charge is 0.142 e. The van der Waals surface area contributed by atoms with Crippen LogP contribution in [-0.2, 0) is 0 Å². The Bertz CT molecular complexity index is 557. The van der Waals surface area contributed by atoms with Gasteiger partial charge >= 0.3 is 0 Å². The molecule has 0 aliphatic rings. The average Bonchev–Trinajstić information content (AvgIpc) is 2.41. The van der Waals surface area contributed by atoms with Gasteiger partial charge in [0.1, 0.15) is 17.7 Å². The number of aliphatic hydroxyl groups excluding tert-OH is 1. The van der Waals surface area contributed by atoms with Gasteiger partial charge in [-0.1, -0.05) is 35.9 Å². The minimum Gasteiger partial charge on any atom is -0.497 e. The number of halogens is 2. The summed E-state index contributed by atoms with van der Waals surface area (Å²) in [5.41, 5.74) is 0.937. The average molecular weight is 267 g/mol. The van der Waals surface area contributed by atoms with Crippen molar-refractivity contribution in [2.45, 2.75) is 6.10 Å². The lowest BCUT2D eigenvalue weighted by molar-refractivity contribution is 0.219. The minimum atomic E-state index is -0.983. The molecule has 0 aliphatic heterocycles. The van der Waals surface area contributed by atoms with Gasteiger partial charge in [-0.25, -0.2) is 4.39 Å². The molecule has 2 aromatic carbocycles. The van der Waals surface area contributed by atoms with Crippen LogP contribution in [0.15, 0.2) is 42.5 Å². The fraction of sp³-hybridized carbons (Fsp3) is 0.143. The maximum Gasteiger partial charge on any atom is 0.142 e. The molecule has 4 heteroatoms. The summed E-state index contributed by atoms with van der Waals surface area (Å²) in [5, 5.41) is 10.1. The number of hydrogen-bond donors (Lipinski definition) is 1. The summed E-state index contributed by atoms with van der Waals surface area (Å²) in [6.07, 6.45) is -0.983. The van der Waals surface area contributed by atoms with Crippen molar-refractivity contribution in [3.8, 4) is 5.75 Å². The van der Waals surface area contributed by atoms with Crippen LogP contribution in [0.25, 0.3) is 0 Å². The van der Waals surface area contributed by atoms with Crippen molar-refractivity contribution in [1.82, 2.24) is 0 Å². The second kappa shape index (κ2) is 5.38. The van der Waals surface area contributed by atoms with Crippen molar-refractivity contribution >= 4 is 11.6 Å². The van der Waals surface area contributed by atoms with E-state index in [2.05, 4.69) is 0 Å². The van der Waals surface area contributed by atoms with Crippen LogP contribution in [-0.4, -0.2) is 12.2 Å². The summed E-state index contributed by atoms with van der Waals surface area (Å²) in [5.74, 6) is 0.0789. The molecular formula is C14H12ClFO2. The van der Waals surface area contributed by atoms with Gasteiger partial charge in [0, 0.05) is 5.56 Å². The number of rotatable bonds is 3. The molecule has 2 aromatic rings. The van der Waals surface area contributed by atoms with Gasteiger partial charge in [-0.3, -0.25) is 0 Å². The third-order valence-electron chi connectivity index (χ3n) is 2.69. The lowest BCUT2D eigenvalue weighted by Gasteiger charge is -2.14. The first-order valence-electron chi connectivity index (χ1n) is 5.39. The summed E-state index contributed by atoms with van der Waals surface area (Å²) < 4.78 is 18.4. The molecule has 0 aliphatic carbocycles. The fourth-order valence-electron chi connectivity index (χ4n) is 1.72. The lowest BCUT2D eigenvalue weighted by Crippen LogP contribution is -2.01. The first kappa shape index (κ1) is 12.9. The molecule has 94 valence electrons. The van der Waals surface area contributed by atoms with E-state index in [4.69, 9.17) is 16.3 Å². The van der Waals surface area contributed by atoms with E-state index < -0.39 is 11.9 Å². The molecule has 0 radical (unpaired) electrons. The Hall–Kier alpha value is -1.58. The third-order valence-corrected chi connectivity index (χ3v) is 3.08. The number of hydrogen-bond acceptors (Lipinski definition) is 2. The first-order chi connectivity index (χ1) is 8.63. The molecule has 0 bridgehead atoms. The molecule has 1 N–H and O–H groups in total. The molecule has 0 aromatic heterocycles. The molecular weight excluding hydrogens is 255 g/mol. The molecule has 2 rings (SSSR count). The first-order valence-corrected chi connectivity index (χ1v) is 5.77. The predicted molar refractivity (Wildman–Crippen MR) is 68.5 cm³/mol. The molecule has 1 atom stereocenters. The Kier molecular flexibility index (Phi) is 3.84. The quantitative estimate of drug-likeness (QED) is 0.920. The molecule has 0 fully saturated rings. The summed E-state index contributed by atoms with van der Waals surface area (Å²) in [6.45, 7) is 0. The standard InChI is InChI=1S/C14H12ClFO2/c1-18-10-5-2-4-9(8-10)14(17)11-6-3-7-12(16)13(11)15/h2-8,14,17H,1H3. The third kappa shape index (κ3) is 2.47. The SMILES string of the molecule is COc1cccc(C(O)c2cccc(F)c2Cl)c1. The Morgan fingerprint density at radius 2 is 1.94 bits per heavy atom. The van der Waals surface area contributed by atoms with Crippen molar-refractivity contribution in [2.75, 3.05) is 7.11 Å². The van der Waals surface area contributed by atoms with E-state index in [0.717, 1.165) is 0 Å². The number of aliphatic hydroxyl groups is 1. The number of benzene rings is 2. The fourth-order valence-corrected chi connectivity index (χ4v) is 1.95. The Balaban J connectivity index is 2.41. The van der Waals surface area contributed by atoms with Crippen LogP contribution in [0.4, 0.5) is 4.39 Å². The highest BCUT2D eigenvalue weighted by Crippen LogP contribution is 2.31. The van der Waals surface area contributed by atoms with Crippen LogP contribution >= 0.6 is 11.6 Å². The zero-order valence-electron chi connectivity index (χ0n) is 9.73. The Morgan fingerprint density at radius 1 is 1.22 bits per heavy atom. The monoisotopic (exact) mass is 266 g/mol. The highest BCUT2D eigenvalue weighted by Gasteiger charge is 2.16. The molecule has 0 spiro atoms. The van der Waals surface area contributed by atoms with E-state index in [1.54, 1.807) is 37.4 Å². The Labute approximate surface area is 110 Å². The molecule has 0 saturated heterocycles. The maximum atomic E-state index is 13.3. The van der Waals surface area contributed by atoms with Gasteiger partial charge in [0.15, 0.2) is 0 Å². The summed E-state index contributed by atoms with van der Waals surface area (Å²) in [7, 11) is 1.54. The van der Waals surface area contributed by atoms with Gasteiger partial charge in [-0.15, -0.1) is 0 Å². The van der Waals surface area contributed by atoms with Gasteiger partial charge in [-0.2, -0.15) is 0 Å². The van der Waals surface area contributed by atoms with Crippen molar-refractivity contribution in [2.24, 2.45) is 0 Å². The molecule has 0 amide bonds. The van der Waals surface area contributed by atoms with Crippen molar-refractivity contribution in [1.29, 1.82) is 0 Å². The number of methoxy groups -OCH3 is 1. The van der Waals surface area contributed by atoms with E-state index in [0.29, 0.717) is 16.9 Å². The maximum absolute atomic E-state index is 13.3. The minimum absolute atomic E-state index is 0.0622. The topological polar surface area (TPSA) is 29.5 Å². The largest absolute Gasteiger partial charge is 0.497 e. The van der Waals surface area contributed by atoms with Gasteiger partial charge in [0.25, 0.3) is 0 Å². The van der Waals surface area contributed by atoms with Crippen LogP contribution in [0.5, 0.6) is 5.75 Å². The summed E-state index contributed by atoms with van der Waals surface area (Å²) >= 11 is 5.85. The van der Waals surface area contributed by atoms with Crippen LogP contribution < -0.4 is 4.74 Å². The molecule has 1 unspecified atom stereocenters. The molecule has 2 nitrogen and oxygen atoms in total. The van der Waals surface area contributed by atoms with Gasteiger partial charge in [0.05, 0.1) is 12.1 Å². The van der Waals surface area contributed by atoms with Gasteiger partial charge < -0.3 is 9.84 Å². The number of ether oxygens (including phenoxy) is 1. The van der Waals surface area contributed by atoms with E-state index in [1.165, 1.54) is 12.1 Å². The van der Waals surface area contributed by atoms with Crippen LogP contribution in [0, 0.1) is 5.82 Å². The Morgan fingerprint density at radius 3 is 2.67 bits per heavy atom. The van der Waals surface area contributed by atoms with E-state index >= 15 is 0 Å². The van der Waals surface area contributed by atoms with Crippen molar-refractivity contribution < 1.29 is 14.2 Å². The molecule has 0 saturated carbocycles. The zero-order valence-corrected chi connectivity index (χ0v) is 10.5. The lowest BCUT2D eigenvalue weighted by atomic mass is 10.0. The highest BCUT2D eigenvalue weighted by atomic mass is 35.5. The molecule has 18 heavy (non-hydrogen) atoms. The van der Waals surface area contributed by atoms with E-state index in [1.807, 2.05) is 0 Å². The van der Waals surface area contributed by atoms with Gasteiger partial charge in [-0.05, 0) is 23.8 Å². The normalized spacial score (nSPS) is 12.2. The van der Waals surface area contributed by atoms with Gasteiger partial charge in [0.2, 0.25) is 0 Å².